The molecule has 7 heteroatoms. The zero-order valence-corrected chi connectivity index (χ0v) is 13.1. The number of rotatable bonds is 4. The Bertz CT molecular complexity index is 812. The van der Waals surface area contributed by atoms with Gasteiger partial charge in [-0.3, -0.25) is 4.79 Å². The molecule has 0 saturated heterocycles. The monoisotopic (exact) mass is 313 g/mol. The van der Waals surface area contributed by atoms with Crippen LogP contribution in [-0.4, -0.2) is 31.5 Å². The zero-order valence-electron chi connectivity index (χ0n) is 12.3. The van der Waals surface area contributed by atoms with Gasteiger partial charge in [-0.25, -0.2) is 15.0 Å². The Morgan fingerprint density at radius 1 is 1.36 bits per heavy atom. The summed E-state index contributed by atoms with van der Waals surface area (Å²) in [6, 6.07) is 4.02. The van der Waals surface area contributed by atoms with Crippen LogP contribution in [0.4, 0.5) is 0 Å². The van der Waals surface area contributed by atoms with Gasteiger partial charge in [0.1, 0.15) is 5.65 Å². The lowest BCUT2D eigenvalue weighted by atomic mass is 10.3. The Balaban J connectivity index is 1.68. The smallest absolute Gasteiger partial charge is 0.254 e. The molecule has 3 aromatic rings. The van der Waals surface area contributed by atoms with Crippen molar-refractivity contribution in [3.05, 3.63) is 53.7 Å². The second kappa shape index (κ2) is 6.15. The Labute approximate surface area is 132 Å². The molecule has 0 fully saturated rings. The Kier molecular flexibility index (Phi) is 4.06. The number of thioether (sulfide) groups is 1. The summed E-state index contributed by atoms with van der Waals surface area (Å²) in [7, 11) is 0. The van der Waals surface area contributed by atoms with E-state index in [2.05, 4.69) is 20.3 Å². The van der Waals surface area contributed by atoms with Crippen molar-refractivity contribution in [2.24, 2.45) is 0 Å². The summed E-state index contributed by atoms with van der Waals surface area (Å²) in [5, 5.41) is 3.47. The minimum absolute atomic E-state index is 0.208. The Hall–Kier alpha value is -2.41. The predicted molar refractivity (Wildman–Crippen MR) is 84.9 cm³/mol. The average Bonchev–Trinajstić information content (AvgIpc) is 2.94. The molecule has 0 spiro atoms. The topological polar surface area (TPSA) is 72.2 Å². The number of imidazole rings is 1. The highest BCUT2D eigenvalue weighted by Gasteiger charge is 2.08. The van der Waals surface area contributed by atoms with Crippen LogP contribution in [0.15, 0.2) is 42.1 Å². The molecule has 0 saturated carbocycles. The van der Waals surface area contributed by atoms with Crippen molar-refractivity contribution in [3.8, 4) is 0 Å². The van der Waals surface area contributed by atoms with Gasteiger partial charge in [0.25, 0.3) is 5.91 Å². The lowest BCUT2D eigenvalue weighted by Crippen LogP contribution is -2.23. The molecule has 0 aliphatic heterocycles. The van der Waals surface area contributed by atoms with E-state index in [-0.39, 0.29) is 5.91 Å². The molecule has 0 unspecified atom stereocenters. The fourth-order valence-corrected chi connectivity index (χ4v) is 2.35. The summed E-state index contributed by atoms with van der Waals surface area (Å²) >= 11 is 1.44. The van der Waals surface area contributed by atoms with Gasteiger partial charge < -0.3 is 9.72 Å². The van der Waals surface area contributed by atoms with Crippen molar-refractivity contribution >= 4 is 23.3 Å². The first kappa shape index (κ1) is 14.5. The molecule has 22 heavy (non-hydrogen) atoms. The fraction of sp³-hybridized carbons (Fsp3) is 0.200. The van der Waals surface area contributed by atoms with Crippen LogP contribution < -0.4 is 5.32 Å². The molecule has 0 atom stereocenters. The van der Waals surface area contributed by atoms with Gasteiger partial charge in [-0.15, -0.1) is 0 Å². The van der Waals surface area contributed by atoms with E-state index < -0.39 is 0 Å². The third kappa shape index (κ3) is 3.09. The van der Waals surface area contributed by atoms with Crippen molar-refractivity contribution in [1.29, 1.82) is 0 Å². The highest BCUT2D eigenvalue weighted by molar-refractivity contribution is 7.98. The molecule has 3 rings (SSSR count). The number of nitrogens with zero attached hydrogens (tertiary/aromatic N) is 4. The van der Waals surface area contributed by atoms with Gasteiger partial charge in [0.15, 0.2) is 5.16 Å². The van der Waals surface area contributed by atoms with E-state index >= 15 is 0 Å². The van der Waals surface area contributed by atoms with Crippen molar-refractivity contribution in [2.75, 3.05) is 6.26 Å². The highest BCUT2D eigenvalue weighted by atomic mass is 32.2. The standard InChI is InChI=1S/C15H15N5OS/c1-10-3-4-20-9-12(19-13(20)5-10)8-16-14(21)11-6-17-15(22-2)18-7-11/h3-7,9H,8H2,1-2H3,(H,16,21). The average molecular weight is 313 g/mol. The van der Waals surface area contributed by atoms with Gasteiger partial charge in [0.2, 0.25) is 0 Å². The van der Waals surface area contributed by atoms with E-state index in [1.807, 2.05) is 42.1 Å². The molecule has 3 aromatic heterocycles. The lowest BCUT2D eigenvalue weighted by molar-refractivity contribution is 0.0949. The maximum absolute atomic E-state index is 12.1. The van der Waals surface area contributed by atoms with Crippen molar-refractivity contribution in [1.82, 2.24) is 24.7 Å². The SMILES string of the molecule is CSc1ncc(C(=O)NCc2cn3ccc(C)cc3n2)cn1. The third-order valence-corrected chi connectivity index (χ3v) is 3.74. The molecule has 6 nitrogen and oxygen atoms in total. The number of carbonyl (C=O) groups is 1. The summed E-state index contributed by atoms with van der Waals surface area (Å²) in [6.45, 7) is 2.39. The fourth-order valence-electron chi connectivity index (χ4n) is 2.03. The van der Waals surface area contributed by atoms with Crippen LogP contribution in [-0.2, 0) is 6.54 Å². The summed E-state index contributed by atoms with van der Waals surface area (Å²) < 4.78 is 1.94. The zero-order chi connectivity index (χ0) is 15.5. The van der Waals surface area contributed by atoms with E-state index in [1.165, 1.54) is 24.2 Å². The molecule has 112 valence electrons. The second-order valence-corrected chi connectivity index (χ2v) is 5.62. The molecule has 3 heterocycles. The summed E-state index contributed by atoms with van der Waals surface area (Å²) in [6.07, 6.45) is 8.81. The number of aromatic nitrogens is 4. The Morgan fingerprint density at radius 3 is 2.86 bits per heavy atom. The van der Waals surface area contributed by atoms with E-state index in [0.717, 1.165) is 16.9 Å². The second-order valence-electron chi connectivity index (χ2n) is 4.84. The van der Waals surface area contributed by atoms with Crippen molar-refractivity contribution in [2.45, 2.75) is 18.6 Å². The summed E-state index contributed by atoms with van der Waals surface area (Å²) in [4.78, 5) is 24.7. The molecule has 0 aliphatic rings. The maximum Gasteiger partial charge on any atom is 0.254 e. The molecule has 0 bridgehead atoms. The molecule has 1 amide bonds. The third-order valence-electron chi connectivity index (χ3n) is 3.17. The van der Waals surface area contributed by atoms with Gasteiger partial charge in [-0.2, -0.15) is 0 Å². The molecule has 0 radical (unpaired) electrons. The van der Waals surface area contributed by atoms with Crippen LogP contribution in [0.1, 0.15) is 21.6 Å². The maximum atomic E-state index is 12.1. The highest BCUT2D eigenvalue weighted by Crippen LogP contribution is 2.09. The van der Waals surface area contributed by atoms with Gasteiger partial charge in [0, 0.05) is 24.8 Å². The van der Waals surface area contributed by atoms with Gasteiger partial charge >= 0.3 is 0 Å². The van der Waals surface area contributed by atoms with E-state index in [1.54, 1.807) is 0 Å². The molecule has 1 N–H and O–H groups in total. The lowest BCUT2D eigenvalue weighted by Gasteiger charge is -2.02. The van der Waals surface area contributed by atoms with Gasteiger partial charge in [-0.1, -0.05) is 11.8 Å². The number of nitrogens with one attached hydrogen (secondary N) is 1. The molecule has 0 aromatic carbocycles. The number of amides is 1. The van der Waals surface area contributed by atoms with Crippen LogP contribution in [0.3, 0.4) is 0 Å². The number of aryl methyl sites for hydroxylation is 1. The molecular formula is C15H15N5OS. The van der Waals surface area contributed by atoms with Gasteiger partial charge in [0.05, 0.1) is 17.8 Å². The molecular weight excluding hydrogens is 298 g/mol. The number of hydrogen-bond acceptors (Lipinski definition) is 5. The quantitative estimate of drug-likeness (QED) is 0.590. The Morgan fingerprint density at radius 2 is 2.14 bits per heavy atom. The molecule has 0 aliphatic carbocycles. The van der Waals surface area contributed by atoms with Crippen LogP contribution in [0.5, 0.6) is 0 Å². The first-order valence-corrected chi connectivity index (χ1v) is 7.96. The predicted octanol–water partition coefficient (Wildman–Crippen LogP) is 2.08. The van der Waals surface area contributed by atoms with Crippen molar-refractivity contribution in [3.63, 3.8) is 0 Å². The number of hydrogen-bond donors (Lipinski definition) is 1. The first-order chi connectivity index (χ1) is 10.7. The minimum atomic E-state index is -0.208. The summed E-state index contributed by atoms with van der Waals surface area (Å²) in [5.41, 5.74) is 3.27. The normalized spacial score (nSPS) is 10.8. The minimum Gasteiger partial charge on any atom is -0.346 e. The van der Waals surface area contributed by atoms with E-state index in [4.69, 9.17) is 0 Å². The largest absolute Gasteiger partial charge is 0.346 e. The van der Waals surface area contributed by atoms with Crippen LogP contribution in [0, 0.1) is 6.92 Å². The van der Waals surface area contributed by atoms with Crippen molar-refractivity contribution < 1.29 is 4.79 Å². The number of pyridine rings is 1. The van der Waals surface area contributed by atoms with Gasteiger partial charge in [-0.05, 0) is 30.9 Å². The van der Waals surface area contributed by atoms with Crippen LogP contribution in [0.2, 0.25) is 0 Å². The number of fused-ring (bicyclic) bond motifs is 1. The summed E-state index contributed by atoms with van der Waals surface area (Å²) in [5.74, 6) is -0.208. The number of carbonyl (C=O) groups excluding carboxylic acids is 1. The van der Waals surface area contributed by atoms with E-state index in [9.17, 15) is 4.79 Å². The van der Waals surface area contributed by atoms with Crippen LogP contribution in [0.25, 0.3) is 5.65 Å². The van der Waals surface area contributed by atoms with Crippen LogP contribution >= 0.6 is 11.8 Å². The van der Waals surface area contributed by atoms with E-state index in [0.29, 0.717) is 17.3 Å². The first-order valence-electron chi connectivity index (χ1n) is 6.74.